The summed E-state index contributed by atoms with van der Waals surface area (Å²) in [6.45, 7) is 2.06. The van der Waals surface area contributed by atoms with E-state index < -0.39 is 18.2 Å². The van der Waals surface area contributed by atoms with Crippen molar-refractivity contribution in [1.82, 2.24) is 20.8 Å². The van der Waals surface area contributed by atoms with E-state index in [1.807, 2.05) is 30.3 Å². The maximum absolute atomic E-state index is 12.1. The van der Waals surface area contributed by atoms with Gasteiger partial charge in [0.2, 0.25) is 11.0 Å². The maximum Gasteiger partial charge on any atom is 0.321 e. The molecule has 2 atom stereocenters. The predicted octanol–water partition coefficient (Wildman–Crippen LogP) is 2.04. The highest BCUT2D eigenvalue weighted by Crippen LogP contribution is 2.11. The lowest BCUT2D eigenvalue weighted by Gasteiger charge is -2.24. The summed E-state index contributed by atoms with van der Waals surface area (Å²) in [7, 11) is 1.50. The molecule has 1 aromatic heterocycles. The molecule has 2 aromatic rings. The Morgan fingerprint density at radius 1 is 1.36 bits per heavy atom. The standard InChI is InChI=1S/C15H19N5O3S2/c1-9(23-8-10-6-4-3-5-7-10)11(12(21)16-2)17-13(22)18-14-19-20-15(24)25-14/h3-7,9,11H,8H2,1-2H3,(H,16,21)(H,20,24)(H2,17,18,19,22)/t9?,11-/m0/s1. The Bertz CT molecular complexity index is 762. The van der Waals surface area contributed by atoms with Gasteiger partial charge >= 0.3 is 6.03 Å². The van der Waals surface area contributed by atoms with Crippen molar-refractivity contribution in [3.8, 4) is 0 Å². The van der Waals surface area contributed by atoms with Crippen LogP contribution in [-0.4, -0.2) is 41.3 Å². The van der Waals surface area contributed by atoms with E-state index in [4.69, 9.17) is 17.0 Å². The average molecular weight is 381 g/mol. The van der Waals surface area contributed by atoms with Crippen LogP contribution in [0.15, 0.2) is 30.3 Å². The number of aromatic amines is 1. The highest BCUT2D eigenvalue weighted by atomic mass is 32.1. The number of hydrogen-bond donors (Lipinski definition) is 4. The number of urea groups is 1. The van der Waals surface area contributed by atoms with Crippen LogP contribution in [-0.2, 0) is 16.1 Å². The molecule has 2 rings (SSSR count). The molecule has 1 unspecified atom stereocenters. The Kier molecular flexibility index (Phi) is 7.04. The summed E-state index contributed by atoms with van der Waals surface area (Å²) in [6, 6.07) is 8.14. The first kappa shape index (κ1) is 19.0. The number of H-pyrrole nitrogens is 1. The lowest BCUT2D eigenvalue weighted by molar-refractivity contribution is -0.126. The van der Waals surface area contributed by atoms with E-state index in [2.05, 4.69) is 26.1 Å². The van der Waals surface area contributed by atoms with Crippen molar-refractivity contribution in [3.63, 3.8) is 0 Å². The molecule has 4 N–H and O–H groups in total. The highest BCUT2D eigenvalue weighted by Gasteiger charge is 2.27. The third-order valence-corrected chi connectivity index (χ3v) is 4.30. The second kappa shape index (κ2) is 9.25. The third-order valence-electron chi connectivity index (χ3n) is 3.30. The third kappa shape index (κ3) is 5.93. The lowest BCUT2D eigenvalue weighted by atomic mass is 10.1. The van der Waals surface area contributed by atoms with Gasteiger partial charge in [0.1, 0.15) is 6.04 Å². The molecule has 0 radical (unpaired) electrons. The van der Waals surface area contributed by atoms with Crippen LogP contribution in [0.25, 0.3) is 0 Å². The van der Waals surface area contributed by atoms with E-state index in [0.29, 0.717) is 15.7 Å². The SMILES string of the molecule is CNC(=O)[C@@H](NC(=O)Nc1n[nH]c(=S)s1)C(C)OCc1ccccc1. The molecule has 25 heavy (non-hydrogen) atoms. The Morgan fingerprint density at radius 3 is 2.68 bits per heavy atom. The number of ether oxygens (including phenoxy) is 1. The molecular formula is C15H19N5O3S2. The van der Waals surface area contributed by atoms with Crippen LogP contribution in [0.1, 0.15) is 12.5 Å². The minimum atomic E-state index is -0.861. The van der Waals surface area contributed by atoms with Gasteiger partial charge in [-0.05, 0) is 24.7 Å². The van der Waals surface area contributed by atoms with Crippen molar-refractivity contribution >= 4 is 40.6 Å². The van der Waals surface area contributed by atoms with E-state index in [0.717, 1.165) is 16.9 Å². The molecule has 0 saturated heterocycles. The predicted molar refractivity (Wildman–Crippen MR) is 98.0 cm³/mol. The molecule has 8 nitrogen and oxygen atoms in total. The molecule has 10 heteroatoms. The summed E-state index contributed by atoms with van der Waals surface area (Å²) in [6.07, 6.45) is -0.539. The smallest absolute Gasteiger partial charge is 0.321 e. The van der Waals surface area contributed by atoms with E-state index in [1.54, 1.807) is 6.92 Å². The molecule has 0 aliphatic carbocycles. The van der Waals surface area contributed by atoms with Crippen molar-refractivity contribution in [2.75, 3.05) is 12.4 Å². The molecule has 1 aromatic carbocycles. The van der Waals surface area contributed by atoms with Gasteiger partial charge in [0, 0.05) is 7.05 Å². The van der Waals surface area contributed by atoms with Crippen molar-refractivity contribution < 1.29 is 14.3 Å². The normalized spacial score (nSPS) is 12.9. The quantitative estimate of drug-likeness (QED) is 0.549. The minimum Gasteiger partial charge on any atom is -0.371 e. The van der Waals surface area contributed by atoms with Crippen LogP contribution in [0, 0.1) is 3.95 Å². The van der Waals surface area contributed by atoms with Gasteiger partial charge in [0.05, 0.1) is 12.7 Å². The number of likely N-dealkylation sites (N-methyl/N-ethyl adjacent to an activating group) is 1. The van der Waals surface area contributed by atoms with Gasteiger partial charge in [-0.15, -0.1) is 5.10 Å². The number of carbonyl (C=O) groups excluding carboxylic acids is 2. The van der Waals surface area contributed by atoms with Gasteiger partial charge < -0.3 is 15.4 Å². The molecule has 0 saturated carbocycles. The number of benzene rings is 1. The van der Waals surface area contributed by atoms with Gasteiger partial charge in [0.25, 0.3) is 0 Å². The zero-order chi connectivity index (χ0) is 18.2. The van der Waals surface area contributed by atoms with Gasteiger partial charge in [-0.25, -0.2) is 4.79 Å². The largest absolute Gasteiger partial charge is 0.371 e. The maximum atomic E-state index is 12.1. The zero-order valence-electron chi connectivity index (χ0n) is 13.7. The first-order valence-electron chi connectivity index (χ1n) is 7.49. The number of rotatable bonds is 7. The average Bonchev–Trinajstić information content (AvgIpc) is 3.02. The summed E-state index contributed by atoms with van der Waals surface area (Å²) in [5.41, 5.74) is 0.978. The first-order valence-corrected chi connectivity index (χ1v) is 8.72. The van der Waals surface area contributed by atoms with Gasteiger partial charge in [0.15, 0.2) is 3.95 Å². The van der Waals surface area contributed by atoms with Crippen molar-refractivity contribution in [1.29, 1.82) is 0 Å². The summed E-state index contributed by atoms with van der Waals surface area (Å²) < 4.78 is 6.17. The molecule has 1 heterocycles. The Hall–Kier alpha value is -2.30. The monoisotopic (exact) mass is 381 g/mol. The van der Waals surface area contributed by atoms with Crippen molar-refractivity contribution in [2.24, 2.45) is 0 Å². The van der Waals surface area contributed by atoms with E-state index in [9.17, 15) is 9.59 Å². The number of nitrogens with one attached hydrogen (secondary N) is 4. The highest BCUT2D eigenvalue weighted by molar-refractivity contribution is 7.73. The number of anilines is 1. The van der Waals surface area contributed by atoms with Crippen LogP contribution in [0.3, 0.4) is 0 Å². The summed E-state index contributed by atoms with van der Waals surface area (Å²) in [5.74, 6) is -0.356. The topological polar surface area (TPSA) is 108 Å². The lowest BCUT2D eigenvalue weighted by Crippen LogP contribution is -2.53. The zero-order valence-corrected chi connectivity index (χ0v) is 15.4. The number of hydrogen-bond acceptors (Lipinski definition) is 6. The summed E-state index contributed by atoms with van der Waals surface area (Å²) >= 11 is 6.02. The number of nitrogens with zero attached hydrogens (tertiary/aromatic N) is 1. The van der Waals surface area contributed by atoms with Crippen LogP contribution < -0.4 is 16.0 Å². The van der Waals surface area contributed by atoms with Crippen LogP contribution >= 0.6 is 23.6 Å². The molecule has 0 bridgehead atoms. The number of aromatic nitrogens is 2. The number of amides is 3. The molecule has 0 aliphatic heterocycles. The molecule has 0 aliphatic rings. The Labute approximate surface area is 154 Å². The van der Waals surface area contributed by atoms with Crippen molar-refractivity contribution in [3.05, 3.63) is 39.8 Å². The summed E-state index contributed by atoms with van der Waals surface area (Å²) in [4.78, 5) is 24.2. The van der Waals surface area contributed by atoms with Gasteiger partial charge in [-0.1, -0.05) is 41.7 Å². The van der Waals surface area contributed by atoms with Gasteiger partial charge in [-0.3, -0.25) is 15.2 Å². The molecule has 0 fully saturated rings. The summed E-state index contributed by atoms with van der Waals surface area (Å²) in [5, 5.41) is 14.3. The Morgan fingerprint density at radius 2 is 2.08 bits per heavy atom. The fourth-order valence-electron chi connectivity index (χ4n) is 2.01. The molecule has 134 valence electrons. The fourth-order valence-corrected chi connectivity index (χ4v) is 2.79. The van der Waals surface area contributed by atoms with E-state index >= 15 is 0 Å². The first-order chi connectivity index (χ1) is 12.0. The number of carbonyl (C=O) groups is 2. The second-order valence-corrected chi connectivity index (χ2v) is 6.78. The fraction of sp³-hybridized carbons (Fsp3) is 0.333. The molecule has 3 amide bonds. The van der Waals surface area contributed by atoms with Crippen LogP contribution in [0.2, 0.25) is 0 Å². The van der Waals surface area contributed by atoms with Crippen LogP contribution in [0.5, 0.6) is 0 Å². The molecule has 0 spiro atoms. The second-order valence-electron chi connectivity index (χ2n) is 5.11. The minimum absolute atomic E-state index is 0.316. The molecular weight excluding hydrogens is 362 g/mol. The van der Waals surface area contributed by atoms with E-state index in [-0.39, 0.29) is 5.91 Å². The van der Waals surface area contributed by atoms with E-state index in [1.165, 1.54) is 7.05 Å². The van der Waals surface area contributed by atoms with Gasteiger partial charge in [-0.2, -0.15) is 0 Å². The van der Waals surface area contributed by atoms with Crippen LogP contribution in [0.4, 0.5) is 9.93 Å². The van der Waals surface area contributed by atoms with Crippen molar-refractivity contribution in [2.45, 2.75) is 25.7 Å². The Balaban J connectivity index is 1.95.